The maximum atomic E-state index is 8.58. The molecular formula is C10H6N3Y-. The number of aromatic nitrogens is 2. The van der Waals surface area contributed by atoms with Crippen molar-refractivity contribution in [1.29, 1.82) is 5.26 Å². The van der Waals surface area contributed by atoms with Crippen LogP contribution in [0.3, 0.4) is 0 Å². The van der Waals surface area contributed by atoms with E-state index in [0.717, 1.165) is 5.69 Å². The quantitative estimate of drug-likeness (QED) is 0.727. The van der Waals surface area contributed by atoms with E-state index in [-0.39, 0.29) is 32.7 Å². The molecule has 0 fully saturated rings. The van der Waals surface area contributed by atoms with Crippen molar-refractivity contribution in [2.75, 3.05) is 0 Å². The van der Waals surface area contributed by atoms with Crippen LogP contribution in [0.4, 0.5) is 0 Å². The third-order valence-corrected chi connectivity index (χ3v) is 1.69. The third-order valence-electron chi connectivity index (χ3n) is 1.69. The van der Waals surface area contributed by atoms with Gasteiger partial charge in [0.25, 0.3) is 0 Å². The Labute approximate surface area is 107 Å². The Morgan fingerprint density at radius 2 is 2.00 bits per heavy atom. The van der Waals surface area contributed by atoms with E-state index in [1.54, 1.807) is 29.1 Å². The summed E-state index contributed by atoms with van der Waals surface area (Å²) in [5.41, 5.74) is 1.56. The van der Waals surface area contributed by atoms with Crippen molar-refractivity contribution in [2.24, 2.45) is 0 Å². The molecule has 2 aromatic rings. The van der Waals surface area contributed by atoms with E-state index < -0.39 is 0 Å². The van der Waals surface area contributed by atoms with Gasteiger partial charge in [-0.25, -0.2) is 0 Å². The summed E-state index contributed by atoms with van der Waals surface area (Å²) in [6, 6.07) is 11.0. The Hall–Kier alpha value is -0.976. The molecule has 0 unspecified atom stereocenters. The summed E-state index contributed by atoms with van der Waals surface area (Å²) < 4.78 is 1.63. The fourth-order valence-electron chi connectivity index (χ4n) is 1.06. The molecule has 65 valence electrons. The molecule has 0 bridgehead atoms. The SMILES string of the molecule is N#Cc1ccc(-n2[c-]ccn2)cc1.[Y]. The van der Waals surface area contributed by atoms with Crippen molar-refractivity contribution in [2.45, 2.75) is 0 Å². The van der Waals surface area contributed by atoms with E-state index in [2.05, 4.69) is 17.4 Å². The Bertz CT molecular complexity index is 425. The van der Waals surface area contributed by atoms with E-state index >= 15 is 0 Å². The zero-order valence-electron chi connectivity index (χ0n) is 7.38. The number of nitriles is 1. The molecule has 0 aliphatic rings. The first-order valence-electron chi connectivity index (χ1n) is 3.82. The van der Waals surface area contributed by atoms with Crippen LogP contribution < -0.4 is 0 Å². The molecule has 14 heavy (non-hydrogen) atoms. The minimum Gasteiger partial charge on any atom is -0.360 e. The smallest absolute Gasteiger partial charge is 0.0990 e. The maximum absolute atomic E-state index is 8.58. The second-order valence-corrected chi connectivity index (χ2v) is 2.53. The van der Waals surface area contributed by atoms with Gasteiger partial charge in [0.2, 0.25) is 0 Å². The van der Waals surface area contributed by atoms with Gasteiger partial charge in [0, 0.05) is 32.7 Å². The van der Waals surface area contributed by atoms with Gasteiger partial charge in [-0.15, -0.1) is 6.07 Å². The molecule has 0 amide bonds. The Morgan fingerprint density at radius 3 is 2.50 bits per heavy atom. The van der Waals surface area contributed by atoms with Gasteiger partial charge in [-0.1, -0.05) is 36.7 Å². The molecule has 1 aromatic heterocycles. The maximum Gasteiger partial charge on any atom is 0.0990 e. The zero-order chi connectivity index (χ0) is 9.10. The number of nitrogens with zero attached hydrogens (tertiary/aromatic N) is 3. The van der Waals surface area contributed by atoms with Crippen molar-refractivity contribution in [3.05, 3.63) is 48.3 Å². The summed E-state index contributed by atoms with van der Waals surface area (Å²) in [5, 5.41) is 12.6. The van der Waals surface area contributed by atoms with E-state index in [1.807, 2.05) is 12.1 Å². The fraction of sp³-hybridized carbons (Fsp3) is 0. The largest absolute Gasteiger partial charge is 0.360 e. The van der Waals surface area contributed by atoms with Crippen molar-refractivity contribution >= 4 is 0 Å². The van der Waals surface area contributed by atoms with Crippen LogP contribution in [0.5, 0.6) is 0 Å². The van der Waals surface area contributed by atoms with Crippen molar-refractivity contribution in [3.63, 3.8) is 0 Å². The summed E-state index contributed by atoms with van der Waals surface area (Å²) in [6.45, 7) is 0. The zero-order valence-corrected chi connectivity index (χ0v) is 10.2. The predicted molar refractivity (Wildman–Crippen MR) is 47.1 cm³/mol. The molecule has 0 saturated heterocycles. The fourth-order valence-corrected chi connectivity index (χ4v) is 1.06. The predicted octanol–water partition coefficient (Wildman–Crippen LogP) is 1.54. The summed E-state index contributed by atoms with van der Waals surface area (Å²) in [4.78, 5) is 0. The number of hydrogen-bond donors (Lipinski definition) is 0. The number of benzene rings is 1. The molecule has 0 N–H and O–H groups in total. The van der Waals surface area contributed by atoms with Crippen LogP contribution in [0.1, 0.15) is 5.56 Å². The monoisotopic (exact) mass is 257 g/mol. The van der Waals surface area contributed by atoms with Gasteiger partial charge in [-0.3, -0.25) is 5.10 Å². The van der Waals surface area contributed by atoms with Gasteiger partial charge in [0.15, 0.2) is 0 Å². The van der Waals surface area contributed by atoms with E-state index in [9.17, 15) is 0 Å². The molecule has 0 aliphatic heterocycles. The molecule has 0 saturated carbocycles. The van der Waals surface area contributed by atoms with Crippen molar-refractivity contribution in [1.82, 2.24) is 9.78 Å². The molecule has 1 heterocycles. The average Bonchev–Trinajstić information content (AvgIpc) is 2.71. The second-order valence-electron chi connectivity index (χ2n) is 2.53. The van der Waals surface area contributed by atoms with Crippen molar-refractivity contribution < 1.29 is 32.7 Å². The van der Waals surface area contributed by atoms with E-state index in [1.165, 1.54) is 0 Å². The molecule has 1 radical (unpaired) electrons. The second kappa shape index (κ2) is 5.04. The first-order chi connectivity index (χ1) is 6.40. The van der Waals surface area contributed by atoms with Crippen LogP contribution >= 0.6 is 0 Å². The molecule has 0 spiro atoms. The molecular weight excluding hydrogens is 251 g/mol. The molecule has 3 nitrogen and oxygen atoms in total. The van der Waals surface area contributed by atoms with Crippen LogP contribution in [-0.4, -0.2) is 9.78 Å². The standard InChI is InChI=1S/C10H6N3.Y/c11-8-9-2-4-10(5-3-9)13-7-1-6-12-13;/h1-6H;/q-1;. The van der Waals surface area contributed by atoms with Gasteiger partial charge in [-0.05, 0) is 5.69 Å². The Balaban J connectivity index is 0.000000980. The molecule has 0 aliphatic carbocycles. The minimum atomic E-state index is 0. The topological polar surface area (TPSA) is 41.6 Å². The van der Waals surface area contributed by atoms with Crippen LogP contribution in [0.15, 0.2) is 36.5 Å². The molecule has 4 heteroatoms. The number of rotatable bonds is 1. The molecule has 0 atom stereocenters. The minimum absolute atomic E-state index is 0. The molecule has 2 rings (SSSR count). The van der Waals surface area contributed by atoms with Gasteiger partial charge >= 0.3 is 0 Å². The van der Waals surface area contributed by atoms with Gasteiger partial charge < -0.3 is 4.68 Å². The van der Waals surface area contributed by atoms with Crippen LogP contribution in [0.25, 0.3) is 5.69 Å². The van der Waals surface area contributed by atoms with Gasteiger partial charge in [-0.2, -0.15) is 5.26 Å². The summed E-state index contributed by atoms with van der Waals surface area (Å²) in [7, 11) is 0. The Kier molecular flexibility index (Phi) is 4.00. The third kappa shape index (κ3) is 2.28. The average molecular weight is 257 g/mol. The van der Waals surface area contributed by atoms with Crippen LogP contribution in [-0.2, 0) is 32.7 Å². The van der Waals surface area contributed by atoms with Crippen molar-refractivity contribution in [3.8, 4) is 11.8 Å². The number of hydrogen-bond acceptors (Lipinski definition) is 2. The van der Waals surface area contributed by atoms with E-state index in [0.29, 0.717) is 5.56 Å². The van der Waals surface area contributed by atoms with Gasteiger partial charge in [0.05, 0.1) is 11.6 Å². The van der Waals surface area contributed by atoms with Crippen LogP contribution in [0.2, 0.25) is 0 Å². The normalized spacial score (nSPS) is 8.79. The van der Waals surface area contributed by atoms with Gasteiger partial charge in [0.1, 0.15) is 0 Å². The first-order valence-corrected chi connectivity index (χ1v) is 3.82. The summed E-state index contributed by atoms with van der Waals surface area (Å²) in [5.74, 6) is 0. The first kappa shape index (κ1) is 11.1. The Morgan fingerprint density at radius 1 is 1.29 bits per heavy atom. The van der Waals surface area contributed by atoms with Crippen LogP contribution in [0, 0.1) is 17.5 Å². The summed E-state index contributed by atoms with van der Waals surface area (Å²) >= 11 is 0. The van der Waals surface area contributed by atoms with E-state index in [4.69, 9.17) is 5.26 Å². The molecule has 1 aromatic carbocycles. The summed E-state index contributed by atoms with van der Waals surface area (Å²) in [6.07, 6.45) is 4.58.